The normalized spacial score (nSPS) is 31.0. The Kier molecular flexibility index (Phi) is 4.17. The molecule has 6 heteroatoms. The van der Waals surface area contributed by atoms with Gasteiger partial charge in [0.25, 0.3) is 0 Å². The molecule has 2 unspecified atom stereocenters. The van der Waals surface area contributed by atoms with Crippen LogP contribution in [0.3, 0.4) is 0 Å². The second-order valence-corrected chi connectivity index (χ2v) is 4.75. The van der Waals surface area contributed by atoms with Crippen molar-refractivity contribution in [1.29, 1.82) is 0 Å². The fraction of sp³-hybridized carbons (Fsp3) is 0.900. The van der Waals surface area contributed by atoms with Crippen LogP contribution in [0.5, 0.6) is 0 Å². The average molecular weight is 253 g/mol. The lowest BCUT2D eigenvalue weighted by Gasteiger charge is -2.44. The van der Waals surface area contributed by atoms with E-state index >= 15 is 0 Å². The van der Waals surface area contributed by atoms with Crippen molar-refractivity contribution >= 4 is 17.6 Å². The fourth-order valence-electron chi connectivity index (χ4n) is 1.71. The number of hydrogen-bond donors (Lipinski definition) is 1. The summed E-state index contributed by atoms with van der Waals surface area (Å²) in [4.78, 5) is 10.7. The molecule has 0 bridgehead atoms. The van der Waals surface area contributed by atoms with E-state index in [0.29, 0.717) is 13.0 Å². The molecule has 0 aliphatic carbocycles. The molecule has 0 radical (unpaired) electrons. The first kappa shape index (κ1) is 13.7. The Labute approximate surface area is 99.6 Å². The maximum Gasteiger partial charge on any atom is 0.321 e. The second-order valence-electron chi connectivity index (χ2n) is 4.23. The Bertz CT molecular complexity index is 268. The summed E-state index contributed by atoms with van der Waals surface area (Å²) in [5, 5.41) is 7.74. The van der Waals surface area contributed by atoms with Crippen LogP contribution in [0, 0.1) is 0 Å². The van der Waals surface area contributed by atoms with Crippen LogP contribution in [0.25, 0.3) is 0 Å². The lowest BCUT2D eigenvalue weighted by atomic mass is 10.0. The summed E-state index contributed by atoms with van der Waals surface area (Å²) in [5.41, 5.74) is 0. The van der Waals surface area contributed by atoms with Crippen LogP contribution in [-0.2, 0) is 19.0 Å². The number of carboxylic acids is 1. The molecule has 1 aliphatic heterocycles. The second kappa shape index (κ2) is 4.87. The molecule has 0 aromatic rings. The molecule has 1 rings (SSSR count). The molecule has 1 fully saturated rings. The Morgan fingerprint density at radius 1 is 1.62 bits per heavy atom. The molecule has 0 saturated carbocycles. The minimum atomic E-state index is -1.08. The third kappa shape index (κ3) is 3.31. The van der Waals surface area contributed by atoms with E-state index in [0.717, 1.165) is 0 Å². The number of halogens is 1. The number of hydrogen-bond acceptors (Lipinski definition) is 4. The summed E-state index contributed by atoms with van der Waals surface area (Å²) in [5.74, 6) is -2.85. The van der Waals surface area contributed by atoms with Crippen LogP contribution in [0.15, 0.2) is 0 Å². The molecular weight excluding hydrogens is 236 g/mol. The third-order valence-corrected chi connectivity index (χ3v) is 2.84. The molecule has 1 aliphatic rings. The molecule has 0 amide bonds. The molecule has 0 spiro atoms. The van der Waals surface area contributed by atoms with E-state index in [4.69, 9.17) is 30.9 Å². The van der Waals surface area contributed by atoms with Crippen LogP contribution < -0.4 is 0 Å². The molecule has 5 nitrogen and oxygen atoms in total. The molecule has 0 aromatic carbocycles. The van der Waals surface area contributed by atoms with E-state index in [1.54, 1.807) is 13.8 Å². The molecule has 0 aromatic heterocycles. The van der Waals surface area contributed by atoms with Gasteiger partial charge in [-0.3, -0.25) is 4.79 Å². The molecule has 1 saturated heterocycles. The highest BCUT2D eigenvalue weighted by atomic mass is 35.5. The van der Waals surface area contributed by atoms with E-state index < -0.39 is 22.9 Å². The maximum absolute atomic E-state index is 10.7. The molecule has 2 atom stereocenters. The third-order valence-electron chi connectivity index (χ3n) is 2.49. The topological polar surface area (TPSA) is 65.0 Å². The molecule has 16 heavy (non-hydrogen) atoms. The zero-order valence-electron chi connectivity index (χ0n) is 9.66. The van der Waals surface area contributed by atoms with E-state index in [2.05, 4.69) is 0 Å². The van der Waals surface area contributed by atoms with Gasteiger partial charge in [0.05, 0.1) is 6.61 Å². The largest absolute Gasteiger partial charge is 0.480 e. The highest BCUT2D eigenvalue weighted by molar-refractivity contribution is 6.29. The van der Waals surface area contributed by atoms with Gasteiger partial charge in [-0.15, -0.1) is 11.6 Å². The van der Waals surface area contributed by atoms with Crippen molar-refractivity contribution in [3.8, 4) is 0 Å². The predicted molar refractivity (Wildman–Crippen MR) is 57.4 cm³/mol. The summed E-state index contributed by atoms with van der Waals surface area (Å²) in [6.07, 6.45) is 0.552. The Morgan fingerprint density at radius 2 is 2.25 bits per heavy atom. The minimum absolute atomic E-state index is 0.0905. The monoisotopic (exact) mass is 252 g/mol. The van der Waals surface area contributed by atoms with Gasteiger partial charge in [0.1, 0.15) is 5.38 Å². The number of alkyl halides is 1. The first-order valence-electron chi connectivity index (χ1n) is 5.06. The first-order valence-corrected chi connectivity index (χ1v) is 5.50. The van der Waals surface area contributed by atoms with Crippen LogP contribution in [0.1, 0.15) is 26.7 Å². The summed E-state index contributed by atoms with van der Waals surface area (Å²) < 4.78 is 16.3. The Balaban J connectivity index is 2.73. The van der Waals surface area contributed by atoms with Crippen molar-refractivity contribution < 1.29 is 24.1 Å². The van der Waals surface area contributed by atoms with Crippen LogP contribution >= 0.6 is 11.6 Å². The molecule has 1 heterocycles. The summed E-state index contributed by atoms with van der Waals surface area (Å²) in [6.45, 7) is 3.96. The summed E-state index contributed by atoms with van der Waals surface area (Å²) in [7, 11) is 1.48. The van der Waals surface area contributed by atoms with Crippen molar-refractivity contribution in [2.75, 3.05) is 13.7 Å². The highest BCUT2D eigenvalue weighted by Crippen LogP contribution is 2.35. The predicted octanol–water partition coefficient (Wildman–Crippen LogP) is 1.58. The zero-order valence-corrected chi connectivity index (χ0v) is 10.4. The summed E-state index contributed by atoms with van der Waals surface area (Å²) in [6, 6.07) is 0. The lowest BCUT2D eigenvalue weighted by molar-refractivity contribution is -0.380. The first-order chi connectivity index (χ1) is 7.30. The average Bonchev–Trinajstić information content (AvgIpc) is 2.16. The van der Waals surface area contributed by atoms with Gasteiger partial charge in [-0.2, -0.15) is 0 Å². The smallest absolute Gasteiger partial charge is 0.321 e. The number of ether oxygens (including phenoxy) is 3. The van der Waals surface area contributed by atoms with E-state index in [-0.39, 0.29) is 6.42 Å². The van der Waals surface area contributed by atoms with Crippen molar-refractivity contribution in [2.24, 2.45) is 0 Å². The van der Waals surface area contributed by atoms with Crippen LogP contribution in [0.4, 0.5) is 0 Å². The van der Waals surface area contributed by atoms with Gasteiger partial charge in [0.15, 0.2) is 11.6 Å². The van der Waals surface area contributed by atoms with Gasteiger partial charge < -0.3 is 19.3 Å². The molecule has 1 N–H and O–H groups in total. The number of rotatable bonds is 4. The fourth-order valence-corrected chi connectivity index (χ4v) is 1.95. The Hall–Kier alpha value is -0.360. The van der Waals surface area contributed by atoms with E-state index in [1.807, 2.05) is 0 Å². The zero-order chi connectivity index (χ0) is 12.4. The SMILES string of the molecule is COC1(CC(Cl)C(=O)O)CCOC(C)(C)O1. The number of aliphatic carboxylic acids is 1. The molecule has 94 valence electrons. The van der Waals surface area contributed by atoms with Gasteiger partial charge in [0.2, 0.25) is 0 Å². The van der Waals surface area contributed by atoms with Gasteiger partial charge in [-0.05, 0) is 13.8 Å². The number of carboxylic acid groups (broad SMARTS) is 1. The van der Waals surface area contributed by atoms with Crippen molar-refractivity contribution in [3.63, 3.8) is 0 Å². The number of carbonyl (C=O) groups is 1. The standard InChI is InChI=1S/C10H17ClO5/c1-9(2)15-5-4-10(14-3,16-9)6-7(11)8(12)13/h7H,4-6H2,1-3H3,(H,12,13). The van der Waals surface area contributed by atoms with Crippen LogP contribution in [-0.4, -0.2) is 41.7 Å². The van der Waals surface area contributed by atoms with Gasteiger partial charge in [-0.25, -0.2) is 0 Å². The van der Waals surface area contributed by atoms with Crippen molar-refractivity contribution in [2.45, 2.75) is 43.6 Å². The Morgan fingerprint density at radius 3 is 2.69 bits per heavy atom. The van der Waals surface area contributed by atoms with Crippen molar-refractivity contribution in [1.82, 2.24) is 0 Å². The summed E-state index contributed by atoms with van der Waals surface area (Å²) >= 11 is 5.71. The van der Waals surface area contributed by atoms with E-state index in [9.17, 15) is 4.79 Å². The maximum atomic E-state index is 10.7. The van der Waals surface area contributed by atoms with Gasteiger partial charge in [0, 0.05) is 20.0 Å². The number of methoxy groups -OCH3 is 1. The molecular formula is C10H17ClO5. The van der Waals surface area contributed by atoms with Gasteiger partial charge >= 0.3 is 5.97 Å². The van der Waals surface area contributed by atoms with Crippen molar-refractivity contribution in [3.05, 3.63) is 0 Å². The highest BCUT2D eigenvalue weighted by Gasteiger charge is 2.44. The van der Waals surface area contributed by atoms with Crippen LogP contribution in [0.2, 0.25) is 0 Å². The minimum Gasteiger partial charge on any atom is -0.480 e. The van der Waals surface area contributed by atoms with Gasteiger partial charge in [-0.1, -0.05) is 0 Å². The lowest BCUT2D eigenvalue weighted by Crippen LogP contribution is -2.51. The quantitative estimate of drug-likeness (QED) is 0.770. The van der Waals surface area contributed by atoms with E-state index in [1.165, 1.54) is 7.11 Å².